The molecule has 0 saturated heterocycles. The zero-order valence-corrected chi connectivity index (χ0v) is 13.0. The number of aromatic nitrogens is 1. The van der Waals surface area contributed by atoms with Gasteiger partial charge in [0.2, 0.25) is 5.91 Å². The van der Waals surface area contributed by atoms with Gasteiger partial charge in [-0.15, -0.1) is 11.3 Å². The van der Waals surface area contributed by atoms with Crippen LogP contribution in [0.25, 0.3) is 0 Å². The summed E-state index contributed by atoms with van der Waals surface area (Å²) in [7, 11) is 0. The van der Waals surface area contributed by atoms with Crippen molar-refractivity contribution < 1.29 is 4.79 Å². The van der Waals surface area contributed by atoms with Crippen molar-refractivity contribution >= 4 is 17.2 Å². The van der Waals surface area contributed by atoms with Crippen molar-refractivity contribution in [1.29, 1.82) is 0 Å². The molecule has 2 rings (SSSR count). The first-order valence-corrected chi connectivity index (χ1v) is 8.53. The summed E-state index contributed by atoms with van der Waals surface area (Å²) in [5.41, 5.74) is 6.95. The molecule has 1 aliphatic carbocycles. The van der Waals surface area contributed by atoms with Crippen molar-refractivity contribution in [2.24, 2.45) is 11.7 Å². The molecule has 1 aliphatic rings. The van der Waals surface area contributed by atoms with Gasteiger partial charge in [-0.05, 0) is 18.8 Å². The SMILES string of the molecule is CCc1nc(CNC(=O)C(N)CC2CCCCC2)cs1. The summed E-state index contributed by atoms with van der Waals surface area (Å²) in [5, 5.41) is 6.02. The van der Waals surface area contributed by atoms with Crippen molar-refractivity contribution in [3.05, 3.63) is 16.1 Å². The summed E-state index contributed by atoms with van der Waals surface area (Å²) in [5.74, 6) is 0.595. The lowest BCUT2D eigenvalue weighted by Gasteiger charge is -2.24. The Hall–Kier alpha value is -0.940. The highest BCUT2D eigenvalue weighted by atomic mass is 32.1. The molecule has 0 bridgehead atoms. The molecule has 0 radical (unpaired) electrons. The number of nitrogens with one attached hydrogen (secondary N) is 1. The molecule has 1 heterocycles. The second kappa shape index (κ2) is 7.74. The van der Waals surface area contributed by atoms with E-state index in [1.54, 1.807) is 11.3 Å². The third-order valence-electron chi connectivity index (χ3n) is 3.99. The van der Waals surface area contributed by atoms with Gasteiger partial charge in [0.25, 0.3) is 0 Å². The maximum Gasteiger partial charge on any atom is 0.237 e. The number of hydrogen-bond acceptors (Lipinski definition) is 4. The first-order valence-electron chi connectivity index (χ1n) is 7.65. The highest BCUT2D eigenvalue weighted by molar-refractivity contribution is 7.09. The highest BCUT2D eigenvalue weighted by Crippen LogP contribution is 2.26. The molecule has 1 fully saturated rings. The molecule has 1 aromatic heterocycles. The van der Waals surface area contributed by atoms with Crippen molar-refractivity contribution in [1.82, 2.24) is 10.3 Å². The van der Waals surface area contributed by atoms with E-state index in [9.17, 15) is 4.79 Å². The van der Waals surface area contributed by atoms with Crippen LogP contribution in [-0.4, -0.2) is 16.9 Å². The van der Waals surface area contributed by atoms with Gasteiger partial charge >= 0.3 is 0 Å². The number of hydrogen-bond donors (Lipinski definition) is 2. The van der Waals surface area contributed by atoms with Gasteiger partial charge in [-0.25, -0.2) is 4.98 Å². The summed E-state index contributed by atoms with van der Waals surface area (Å²) in [6.45, 7) is 2.58. The Morgan fingerprint density at radius 1 is 1.50 bits per heavy atom. The van der Waals surface area contributed by atoms with Crippen LogP contribution in [0.3, 0.4) is 0 Å². The van der Waals surface area contributed by atoms with Crippen molar-refractivity contribution in [2.45, 2.75) is 64.5 Å². The number of nitrogens with two attached hydrogens (primary N) is 1. The highest BCUT2D eigenvalue weighted by Gasteiger charge is 2.21. The Bertz CT molecular complexity index is 427. The van der Waals surface area contributed by atoms with Gasteiger partial charge in [0.15, 0.2) is 0 Å². The maximum atomic E-state index is 12.0. The zero-order valence-electron chi connectivity index (χ0n) is 12.2. The maximum absolute atomic E-state index is 12.0. The molecule has 20 heavy (non-hydrogen) atoms. The average Bonchev–Trinajstić information content (AvgIpc) is 2.93. The third kappa shape index (κ3) is 4.56. The van der Waals surface area contributed by atoms with E-state index in [-0.39, 0.29) is 11.9 Å². The minimum absolute atomic E-state index is 0.0402. The van der Waals surface area contributed by atoms with E-state index in [2.05, 4.69) is 17.2 Å². The second-order valence-corrected chi connectivity index (χ2v) is 6.59. The van der Waals surface area contributed by atoms with E-state index < -0.39 is 0 Å². The number of carbonyl (C=O) groups excluding carboxylic acids is 1. The van der Waals surface area contributed by atoms with Crippen molar-refractivity contribution in [2.75, 3.05) is 0 Å². The van der Waals surface area contributed by atoms with Crippen molar-refractivity contribution in [3.63, 3.8) is 0 Å². The molecule has 1 saturated carbocycles. The Labute approximate surface area is 125 Å². The first-order chi connectivity index (χ1) is 9.69. The summed E-state index contributed by atoms with van der Waals surface area (Å²) in [4.78, 5) is 16.4. The number of carbonyl (C=O) groups is 1. The van der Waals surface area contributed by atoms with E-state index in [0.717, 1.165) is 23.5 Å². The molecule has 1 amide bonds. The van der Waals surface area contributed by atoms with Crippen LogP contribution >= 0.6 is 11.3 Å². The van der Waals surface area contributed by atoms with E-state index >= 15 is 0 Å². The topological polar surface area (TPSA) is 68.0 Å². The number of nitrogens with zero attached hydrogens (tertiary/aromatic N) is 1. The van der Waals surface area contributed by atoms with Gasteiger partial charge in [0.1, 0.15) is 0 Å². The predicted octanol–water partition coefficient (Wildman–Crippen LogP) is 2.62. The lowest BCUT2D eigenvalue weighted by atomic mass is 9.85. The van der Waals surface area contributed by atoms with Crippen LogP contribution in [0.15, 0.2) is 5.38 Å². The Morgan fingerprint density at radius 3 is 2.90 bits per heavy atom. The molecular formula is C15H25N3OS. The fourth-order valence-corrected chi connectivity index (χ4v) is 3.54. The van der Waals surface area contributed by atoms with Gasteiger partial charge in [-0.3, -0.25) is 4.79 Å². The van der Waals surface area contributed by atoms with Crippen LogP contribution in [0, 0.1) is 5.92 Å². The fraction of sp³-hybridized carbons (Fsp3) is 0.733. The van der Waals surface area contributed by atoms with Crippen LogP contribution in [-0.2, 0) is 17.8 Å². The Balaban J connectivity index is 1.72. The molecule has 0 aliphatic heterocycles. The van der Waals surface area contributed by atoms with Crippen LogP contribution in [0.2, 0.25) is 0 Å². The molecule has 3 N–H and O–H groups in total. The zero-order chi connectivity index (χ0) is 14.4. The minimum Gasteiger partial charge on any atom is -0.349 e. The largest absolute Gasteiger partial charge is 0.349 e. The van der Waals surface area contributed by atoms with Crippen molar-refractivity contribution in [3.8, 4) is 0 Å². The molecule has 0 aromatic carbocycles. The average molecular weight is 295 g/mol. The molecule has 1 unspecified atom stereocenters. The summed E-state index contributed by atoms with van der Waals surface area (Å²) < 4.78 is 0. The summed E-state index contributed by atoms with van der Waals surface area (Å²) >= 11 is 1.64. The van der Waals surface area contributed by atoms with Crippen LogP contribution in [0.5, 0.6) is 0 Å². The third-order valence-corrected chi connectivity index (χ3v) is 5.04. The Kier molecular flexibility index (Phi) is 5.98. The molecule has 4 nitrogen and oxygen atoms in total. The second-order valence-electron chi connectivity index (χ2n) is 5.65. The normalized spacial score (nSPS) is 17.9. The standard InChI is InChI=1S/C15H25N3OS/c1-2-14-18-12(10-20-14)9-17-15(19)13(16)8-11-6-4-3-5-7-11/h10-11,13H,2-9,16H2,1H3,(H,17,19). The molecular weight excluding hydrogens is 270 g/mol. The van der Waals surface area contributed by atoms with E-state index in [1.807, 2.05) is 5.38 Å². The molecule has 112 valence electrons. The molecule has 5 heteroatoms. The molecule has 1 atom stereocenters. The van der Waals surface area contributed by atoms with Crippen LogP contribution in [0.4, 0.5) is 0 Å². The lowest BCUT2D eigenvalue weighted by molar-refractivity contribution is -0.123. The quantitative estimate of drug-likeness (QED) is 0.847. The number of thiazole rings is 1. The van der Waals surface area contributed by atoms with Crippen LogP contribution < -0.4 is 11.1 Å². The molecule has 1 aromatic rings. The first kappa shape index (κ1) is 15.4. The van der Waals surface area contributed by atoms with E-state index in [0.29, 0.717) is 12.5 Å². The smallest absolute Gasteiger partial charge is 0.237 e. The fourth-order valence-electron chi connectivity index (χ4n) is 2.79. The predicted molar refractivity (Wildman–Crippen MR) is 82.5 cm³/mol. The van der Waals surface area contributed by atoms with Gasteiger partial charge in [-0.2, -0.15) is 0 Å². The van der Waals surface area contributed by atoms with Crippen LogP contribution in [0.1, 0.15) is 56.2 Å². The number of amides is 1. The van der Waals surface area contributed by atoms with Gasteiger partial charge in [0.05, 0.1) is 23.3 Å². The van der Waals surface area contributed by atoms with Gasteiger partial charge in [-0.1, -0.05) is 39.0 Å². The summed E-state index contributed by atoms with van der Waals surface area (Å²) in [6, 6.07) is -0.373. The Morgan fingerprint density at radius 2 is 2.25 bits per heavy atom. The van der Waals surface area contributed by atoms with E-state index in [1.165, 1.54) is 32.1 Å². The monoisotopic (exact) mass is 295 g/mol. The summed E-state index contributed by atoms with van der Waals surface area (Å²) in [6.07, 6.45) is 8.14. The molecule has 0 spiro atoms. The van der Waals surface area contributed by atoms with Gasteiger partial charge < -0.3 is 11.1 Å². The minimum atomic E-state index is -0.373. The van der Waals surface area contributed by atoms with E-state index in [4.69, 9.17) is 5.73 Å². The number of aryl methyl sites for hydroxylation is 1. The number of rotatable bonds is 6. The lowest BCUT2D eigenvalue weighted by Crippen LogP contribution is -2.41. The van der Waals surface area contributed by atoms with Gasteiger partial charge in [0, 0.05) is 5.38 Å².